The van der Waals surface area contributed by atoms with Gasteiger partial charge in [-0.3, -0.25) is 0 Å². The van der Waals surface area contributed by atoms with Crippen molar-refractivity contribution in [2.75, 3.05) is 0 Å². The smallest absolute Gasteiger partial charge is 0.211 e. The van der Waals surface area contributed by atoms with Gasteiger partial charge in [0.1, 0.15) is 0 Å². The van der Waals surface area contributed by atoms with Crippen LogP contribution in [-0.2, 0) is 15.3 Å². The molecule has 0 N–H and O–H groups in total. The molecule has 0 bridgehead atoms. The third kappa shape index (κ3) is 2.99. The van der Waals surface area contributed by atoms with Gasteiger partial charge in [0.2, 0.25) is 12.2 Å². The molecule has 2 rings (SSSR count). The van der Waals surface area contributed by atoms with E-state index in [0.29, 0.717) is 10.6 Å². The summed E-state index contributed by atoms with van der Waals surface area (Å²) < 4.78 is 0. The van der Waals surface area contributed by atoms with Crippen molar-refractivity contribution in [3.05, 3.63) is 59.1 Å². The molecule has 2 aromatic rings. The Labute approximate surface area is 126 Å². The summed E-state index contributed by atoms with van der Waals surface area (Å²) in [5.41, 5.74) is 0.704. The SMILES string of the molecule is CC(N=C=O)(N=C=O)c1ccccc1-c1ccccc1Cl. The maximum atomic E-state index is 10.7. The van der Waals surface area contributed by atoms with Crippen LogP contribution >= 0.6 is 11.6 Å². The lowest BCUT2D eigenvalue weighted by atomic mass is 9.92. The van der Waals surface area contributed by atoms with Crippen LogP contribution in [0.3, 0.4) is 0 Å². The van der Waals surface area contributed by atoms with Crippen LogP contribution in [-0.4, -0.2) is 12.2 Å². The van der Waals surface area contributed by atoms with Crippen molar-refractivity contribution in [3.63, 3.8) is 0 Å². The Morgan fingerprint density at radius 2 is 1.43 bits per heavy atom. The van der Waals surface area contributed by atoms with Crippen molar-refractivity contribution in [1.29, 1.82) is 0 Å². The summed E-state index contributed by atoms with van der Waals surface area (Å²) >= 11 is 6.22. The number of isocyanates is 2. The minimum absolute atomic E-state index is 0.553. The Kier molecular flexibility index (Phi) is 4.46. The first kappa shape index (κ1) is 14.9. The third-order valence-corrected chi connectivity index (χ3v) is 3.46. The second kappa shape index (κ2) is 6.29. The fourth-order valence-corrected chi connectivity index (χ4v) is 2.37. The first-order chi connectivity index (χ1) is 10.1. The number of halogens is 1. The van der Waals surface area contributed by atoms with Crippen LogP contribution in [0.15, 0.2) is 58.5 Å². The highest BCUT2D eigenvalue weighted by Gasteiger charge is 2.29. The molecular formula is C16H11ClN2O2. The minimum Gasteiger partial charge on any atom is -0.211 e. The lowest BCUT2D eigenvalue weighted by molar-refractivity contribution is 0.493. The molecule has 0 saturated carbocycles. The van der Waals surface area contributed by atoms with E-state index >= 15 is 0 Å². The molecule has 0 spiro atoms. The summed E-state index contributed by atoms with van der Waals surface area (Å²) in [6, 6.07) is 14.4. The highest BCUT2D eigenvalue weighted by atomic mass is 35.5. The predicted octanol–water partition coefficient (Wildman–Crippen LogP) is 3.85. The summed E-state index contributed by atoms with van der Waals surface area (Å²) in [6.45, 7) is 1.54. The first-order valence-electron chi connectivity index (χ1n) is 6.15. The van der Waals surface area contributed by atoms with Gasteiger partial charge in [-0.15, -0.1) is 0 Å². The molecule has 0 aliphatic carbocycles. The highest BCUT2D eigenvalue weighted by Crippen LogP contribution is 2.37. The highest BCUT2D eigenvalue weighted by molar-refractivity contribution is 6.33. The molecule has 5 heteroatoms. The fourth-order valence-electron chi connectivity index (χ4n) is 2.13. The first-order valence-corrected chi connectivity index (χ1v) is 6.52. The van der Waals surface area contributed by atoms with E-state index in [-0.39, 0.29) is 0 Å². The maximum absolute atomic E-state index is 10.7. The Morgan fingerprint density at radius 3 is 2.00 bits per heavy atom. The van der Waals surface area contributed by atoms with E-state index in [2.05, 4.69) is 9.98 Å². The van der Waals surface area contributed by atoms with E-state index in [0.717, 1.165) is 11.1 Å². The minimum atomic E-state index is -1.38. The number of hydrogen-bond donors (Lipinski definition) is 0. The van der Waals surface area contributed by atoms with Gasteiger partial charge in [-0.2, -0.15) is 9.98 Å². The quantitative estimate of drug-likeness (QED) is 0.636. The Morgan fingerprint density at radius 1 is 0.905 bits per heavy atom. The van der Waals surface area contributed by atoms with Gasteiger partial charge in [-0.1, -0.05) is 54.1 Å². The number of rotatable bonds is 4. The van der Waals surface area contributed by atoms with Crippen molar-refractivity contribution >= 4 is 23.8 Å². The third-order valence-electron chi connectivity index (χ3n) is 3.13. The summed E-state index contributed by atoms with van der Waals surface area (Å²) in [7, 11) is 0. The monoisotopic (exact) mass is 298 g/mol. The van der Waals surface area contributed by atoms with Crippen molar-refractivity contribution in [3.8, 4) is 11.1 Å². The summed E-state index contributed by atoms with van der Waals surface area (Å²) in [5, 5.41) is 0.553. The van der Waals surface area contributed by atoms with E-state index in [1.54, 1.807) is 25.1 Å². The summed E-state index contributed by atoms with van der Waals surface area (Å²) in [5.74, 6) is 0. The van der Waals surface area contributed by atoms with Crippen LogP contribution in [0.25, 0.3) is 11.1 Å². The molecule has 0 unspecified atom stereocenters. The van der Waals surface area contributed by atoms with Crippen LogP contribution in [0.2, 0.25) is 5.02 Å². The number of benzene rings is 2. The van der Waals surface area contributed by atoms with Gasteiger partial charge in [0.15, 0.2) is 5.66 Å². The maximum Gasteiger partial charge on any atom is 0.237 e. The summed E-state index contributed by atoms with van der Waals surface area (Å²) in [4.78, 5) is 28.7. The van der Waals surface area contributed by atoms with Crippen molar-refractivity contribution in [2.45, 2.75) is 12.6 Å². The largest absolute Gasteiger partial charge is 0.237 e. The van der Waals surface area contributed by atoms with Gasteiger partial charge in [0.05, 0.1) is 0 Å². The van der Waals surface area contributed by atoms with Crippen LogP contribution < -0.4 is 0 Å². The number of aliphatic imine (C=N–C) groups is 2. The molecule has 104 valence electrons. The average Bonchev–Trinajstić information content (AvgIpc) is 2.48. The van der Waals surface area contributed by atoms with Crippen LogP contribution in [0.4, 0.5) is 0 Å². The van der Waals surface area contributed by atoms with E-state index in [1.165, 1.54) is 12.2 Å². The van der Waals surface area contributed by atoms with Gasteiger partial charge in [0.25, 0.3) is 0 Å². The molecule has 0 radical (unpaired) electrons. The molecule has 2 aromatic carbocycles. The second-order valence-corrected chi connectivity index (χ2v) is 4.86. The standard InChI is InChI=1S/C16H11ClN2O2/c1-16(18-10-20,19-11-21)14-8-4-2-6-12(14)13-7-3-5-9-15(13)17/h2-9H,1H3. The average molecular weight is 299 g/mol. The van der Waals surface area contributed by atoms with Crippen molar-refractivity contribution in [1.82, 2.24) is 0 Å². The van der Waals surface area contributed by atoms with Crippen molar-refractivity contribution in [2.24, 2.45) is 9.98 Å². The van der Waals surface area contributed by atoms with Crippen LogP contribution in [0.5, 0.6) is 0 Å². The van der Waals surface area contributed by atoms with Gasteiger partial charge in [0, 0.05) is 16.1 Å². The normalized spacial score (nSPS) is 12.7. The van der Waals surface area contributed by atoms with E-state index in [1.807, 2.05) is 30.3 Å². The van der Waals surface area contributed by atoms with Crippen molar-refractivity contribution < 1.29 is 9.59 Å². The van der Waals surface area contributed by atoms with E-state index < -0.39 is 5.66 Å². The van der Waals surface area contributed by atoms with Gasteiger partial charge < -0.3 is 0 Å². The molecule has 4 nitrogen and oxygen atoms in total. The lowest BCUT2D eigenvalue weighted by Gasteiger charge is -2.21. The molecule has 0 atom stereocenters. The lowest BCUT2D eigenvalue weighted by Crippen LogP contribution is -2.17. The topological polar surface area (TPSA) is 58.9 Å². The second-order valence-electron chi connectivity index (χ2n) is 4.45. The zero-order valence-corrected chi connectivity index (χ0v) is 12.0. The molecule has 0 saturated heterocycles. The van der Waals surface area contributed by atoms with Gasteiger partial charge in [-0.25, -0.2) is 9.59 Å². The zero-order valence-electron chi connectivity index (χ0n) is 11.2. The predicted molar refractivity (Wildman–Crippen MR) is 80.5 cm³/mol. The zero-order chi connectivity index (χ0) is 15.3. The number of nitrogens with zero attached hydrogens (tertiary/aromatic N) is 2. The van der Waals surface area contributed by atoms with E-state index in [9.17, 15) is 9.59 Å². The Balaban J connectivity index is 2.75. The number of hydrogen-bond acceptors (Lipinski definition) is 4. The molecule has 0 fully saturated rings. The molecule has 0 aliphatic heterocycles. The molecule has 0 aliphatic rings. The van der Waals surface area contributed by atoms with Gasteiger partial charge >= 0.3 is 0 Å². The summed E-state index contributed by atoms with van der Waals surface area (Å²) in [6.07, 6.45) is 2.91. The number of carbonyl (C=O) groups excluding carboxylic acids is 2. The van der Waals surface area contributed by atoms with Gasteiger partial charge in [-0.05, 0) is 18.6 Å². The molecule has 21 heavy (non-hydrogen) atoms. The Bertz CT molecular complexity index is 742. The Hall–Kier alpha value is -2.51. The van der Waals surface area contributed by atoms with Crippen LogP contribution in [0.1, 0.15) is 12.5 Å². The molecule has 0 amide bonds. The molecule has 0 aromatic heterocycles. The van der Waals surface area contributed by atoms with E-state index in [4.69, 9.17) is 11.6 Å². The van der Waals surface area contributed by atoms with Crippen LogP contribution in [0, 0.1) is 0 Å². The molecule has 0 heterocycles. The fraction of sp³-hybridized carbons (Fsp3) is 0.125. The molecular weight excluding hydrogens is 288 g/mol.